The molecule has 0 spiro atoms. The van der Waals surface area contributed by atoms with Crippen LogP contribution in [0.15, 0.2) is 22.7 Å². The average Bonchev–Trinajstić information content (AvgIpc) is 2.45. The third-order valence-electron chi connectivity index (χ3n) is 2.07. The lowest BCUT2D eigenvalue weighted by Crippen LogP contribution is -1.99. The maximum absolute atomic E-state index is 4.44. The molecule has 0 saturated heterocycles. The van der Waals surface area contributed by atoms with Gasteiger partial charge < -0.3 is 0 Å². The Bertz CT molecular complexity index is 548. The highest BCUT2D eigenvalue weighted by Crippen LogP contribution is 2.19. The lowest BCUT2D eigenvalue weighted by Gasteiger charge is -2.04. The van der Waals surface area contributed by atoms with E-state index < -0.39 is 0 Å². The van der Waals surface area contributed by atoms with Gasteiger partial charge in [-0.3, -0.25) is 0 Å². The first kappa shape index (κ1) is 14.1. The van der Waals surface area contributed by atoms with Crippen molar-refractivity contribution >= 4 is 23.5 Å². The van der Waals surface area contributed by atoms with Gasteiger partial charge in [0.2, 0.25) is 10.3 Å². The second-order valence-electron chi connectivity index (χ2n) is 4.16. The minimum atomic E-state index is 0.584. The molecule has 0 unspecified atom stereocenters. The number of nitrogens with zero attached hydrogens (tertiary/aromatic N) is 6. The van der Waals surface area contributed by atoms with Crippen molar-refractivity contribution in [2.45, 2.75) is 24.2 Å². The molecule has 6 nitrogen and oxygen atoms in total. The van der Waals surface area contributed by atoms with Crippen molar-refractivity contribution in [1.29, 1.82) is 0 Å². The standard InChI is InChI=1S/C11H14N6S2/c1-7(2)6-19-11-15-9(5-13-17-11)8-4-12-16-10(14-8)18-3/h4-5,7H,6H2,1-3H3. The molecule has 0 aliphatic heterocycles. The van der Waals surface area contributed by atoms with Gasteiger partial charge in [0.05, 0.1) is 12.4 Å². The van der Waals surface area contributed by atoms with Crippen LogP contribution in [0.4, 0.5) is 0 Å². The molecular weight excluding hydrogens is 280 g/mol. The van der Waals surface area contributed by atoms with E-state index in [4.69, 9.17) is 0 Å². The quantitative estimate of drug-likeness (QED) is 0.777. The normalized spacial score (nSPS) is 10.9. The second-order valence-corrected chi connectivity index (χ2v) is 5.92. The van der Waals surface area contributed by atoms with E-state index >= 15 is 0 Å². The molecule has 0 bridgehead atoms. The van der Waals surface area contributed by atoms with E-state index in [1.54, 1.807) is 24.2 Å². The summed E-state index contributed by atoms with van der Waals surface area (Å²) in [4.78, 5) is 8.79. The van der Waals surface area contributed by atoms with Gasteiger partial charge in [0.15, 0.2) is 0 Å². The zero-order valence-electron chi connectivity index (χ0n) is 10.9. The molecule has 8 heteroatoms. The SMILES string of the molecule is CSc1nncc(-c2cnnc(SCC(C)C)n2)n1. The van der Waals surface area contributed by atoms with Crippen LogP contribution in [0, 0.1) is 5.92 Å². The Morgan fingerprint density at radius 3 is 2.16 bits per heavy atom. The van der Waals surface area contributed by atoms with Gasteiger partial charge >= 0.3 is 0 Å². The van der Waals surface area contributed by atoms with Gasteiger partial charge in [0.25, 0.3) is 0 Å². The van der Waals surface area contributed by atoms with Crippen molar-refractivity contribution in [3.05, 3.63) is 12.4 Å². The Hall–Kier alpha value is -1.28. The smallest absolute Gasteiger partial charge is 0.209 e. The van der Waals surface area contributed by atoms with Crippen molar-refractivity contribution in [2.24, 2.45) is 5.92 Å². The first-order valence-electron chi connectivity index (χ1n) is 5.75. The van der Waals surface area contributed by atoms with E-state index in [9.17, 15) is 0 Å². The molecule has 0 atom stereocenters. The molecule has 0 fully saturated rings. The molecule has 2 rings (SSSR count). The van der Waals surface area contributed by atoms with Gasteiger partial charge in [0, 0.05) is 5.75 Å². The Balaban J connectivity index is 2.22. The summed E-state index contributed by atoms with van der Waals surface area (Å²) in [5, 5.41) is 17.1. The maximum Gasteiger partial charge on any atom is 0.209 e. The van der Waals surface area contributed by atoms with Crippen molar-refractivity contribution in [3.8, 4) is 11.4 Å². The van der Waals surface area contributed by atoms with Gasteiger partial charge in [0.1, 0.15) is 11.4 Å². The summed E-state index contributed by atoms with van der Waals surface area (Å²) >= 11 is 3.04. The highest BCUT2D eigenvalue weighted by atomic mass is 32.2. The van der Waals surface area contributed by atoms with E-state index in [1.807, 2.05) is 6.26 Å². The molecule has 0 amide bonds. The number of thioether (sulfide) groups is 2. The molecule has 2 aromatic heterocycles. The first-order valence-corrected chi connectivity index (χ1v) is 7.96. The molecule has 0 N–H and O–H groups in total. The summed E-state index contributed by atoms with van der Waals surface area (Å²) in [7, 11) is 0. The highest BCUT2D eigenvalue weighted by Gasteiger charge is 2.08. The van der Waals surface area contributed by atoms with Crippen molar-refractivity contribution < 1.29 is 0 Å². The zero-order valence-corrected chi connectivity index (χ0v) is 12.6. The summed E-state index contributed by atoms with van der Waals surface area (Å²) in [6.45, 7) is 4.31. The largest absolute Gasteiger partial charge is 0.218 e. The Morgan fingerprint density at radius 1 is 1.00 bits per heavy atom. The Labute approximate surface area is 120 Å². The predicted molar refractivity (Wildman–Crippen MR) is 76.0 cm³/mol. The van der Waals surface area contributed by atoms with Crippen LogP contribution >= 0.6 is 23.5 Å². The van der Waals surface area contributed by atoms with Crippen molar-refractivity contribution in [1.82, 2.24) is 30.4 Å². The van der Waals surface area contributed by atoms with Crippen LogP contribution in [0.3, 0.4) is 0 Å². The topological polar surface area (TPSA) is 77.3 Å². The van der Waals surface area contributed by atoms with E-state index in [1.165, 1.54) is 11.8 Å². The first-order chi connectivity index (χ1) is 9.19. The molecule has 2 aromatic rings. The fraction of sp³-hybridized carbons (Fsp3) is 0.455. The van der Waals surface area contributed by atoms with E-state index in [0.29, 0.717) is 27.6 Å². The molecule has 100 valence electrons. The van der Waals surface area contributed by atoms with Gasteiger partial charge in [-0.15, -0.1) is 10.2 Å². The van der Waals surface area contributed by atoms with Gasteiger partial charge in [-0.2, -0.15) is 10.2 Å². The van der Waals surface area contributed by atoms with E-state index in [-0.39, 0.29) is 0 Å². The molecule has 0 radical (unpaired) electrons. The summed E-state index contributed by atoms with van der Waals surface area (Å²) < 4.78 is 0. The zero-order chi connectivity index (χ0) is 13.7. The fourth-order valence-electron chi connectivity index (χ4n) is 1.21. The second kappa shape index (κ2) is 6.76. The molecule has 0 aliphatic carbocycles. The third-order valence-corrected chi connectivity index (χ3v) is 3.87. The molecule has 19 heavy (non-hydrogen) atoms. The highest BCUT2D eigenvalue weighted by molar-refractivity contribution is 7.99. The minimum absolute atomic E-state index is 0.584. The molecular formula is C11H14N6S2. The van der Waals surface area contributed by atoms with E-state index in [2.05, 4.69) is 44.2 Å². The predicted octanol–water partition coefficient (Wildman–Crippen LogP) is 2.19. The number of rotatable bonds is 5. The summed E-state index contributed by atoms with van der Waals surface area (Å²) in [5.41, 5.74) is 1.34. The summed E-state index contributed by atoms with van der Waals surface area (Å²) in [6.07, 6.45) is 5.08. The average molecular weight is 294 g/mol. The van der Waals surface area contributed by atoms with Crippen LogP contribution < -0.4 is 0 Å². The van der Waals surface area contributed by atoms with Crippen LogP contribution in [-0.2, 0) is 0 Å². The van der Waals surface area contributed by atoms with Gasteiger partial charge in [-0.1, -0.05) is 37.4 Å². The lowest BCUT2D eigenvalue weighted by molar-refractivity contribution is 0.744. The van der Waals surface area contributed by atoms with Gasteiger partial charge in [-0.05, 0) is 12.2 Å². The molecule has 0 saturated carbocycles. The molecule has 2 heterocycles. The monoisotopic (exact) mass is 294 g/mol. The number of hydrogen-bond acceptors (Lipinski definition) is 8. The van der Waals surface area contributed by atoms with Crippen molar-refractivity contribution in [3.63, 3.8) is 0 Å². The van der Waals surface area contributed by atoms with Crippen molar-refractivity contribution in [2.75, 3.05) is 12.0 Å². The van der Waals surface area contributed by atoms with E-state index in [0.717, 1.165) is 5.75 Å². The summed E-state index contributed by atoms with van der Waals surface area (Å²) in [6, 6.07) is 0. The van der Waals surface area contributed by atoms with Crippen LogP contribution in [0.5, 0.6) is 0 Å². The van der Waals surface area contributed by atoms with Crippen LogP contribution in [0.2, 0.25) is 0 Å². The molecule has 0 aliphatic rings. The Kier molecular flexibility index (Phi) is 5.03. The maximum atomic E-state index is 4.44. The minimum Gasteiger partial charge on any atom is -0.218 e. The Morgan fingerprint density at radius 2 is 1.58 bits per heavy atom. The number of hydrogen-bond donors (Lipinski definition) is 0. The lowest BCUT2D eigenvalue weighted by atomic mass is 10.3. The van der Waals surface area contributed by atoms with Crippen LogP contribution in [0.25, 0.3) is 11.4 Å². The summed E-state index contributed by atoms with van der Waals surface area (Å²) in [5.74, 6) is 1.55. The molecule has 0 aromatic carbocycles. The van der Waals surface area contributed by atoms with Crippen LogP contribution in [-0.4, -0.2) is 42.4 Å². The van der Waals surface area contributed by atoms with Crippen LogP contribution in [0.1, 0.15) is 13.8 Å². The fourth-order valence-corrected chi connectivity index (χ4v) is 2.28. The third kappa shape index (κ3) is 4.10. The number of aromatic nitrogens is 6. The van der Waals surface area contributed by atoms with Gasteiger partial charge in [-0.25, -0.2) is 9.97 Å².